The zero-order valence-electron chi connectivity index (χ0n) is 12.6. The summed E-state index contributed by atoms with van der Waals surface area (Å²) in [4.78, 5) is 8.85. The van der Waals surface area contributed by atoms with Crippen LogP contribution in [-0.2, 0) is 6.54 Å². The number of anilines is 2. The summed E-state index contributed by atoms with van der Waals surface area (Å²) in [6.45, 7) is 7.41. The fourth-order valence-electron chi connectivity index (χ4n) is 2.02. The predicted molar refractivity (Wildman–Crippen MR) is 84.2 cm³/mol. The van der Waals surface area contributed by atoms with Crippen molar-refractivity contribution in [3.63, 3.8) is 0 Å². The predicted octanol–water partition coefficient (Wildman–Crippen LogP) is 3.01. The van der Waals surface area contributed by atoms with Crippen LogP contribution in [0.5, 0.6) is 0 Å². The number of aromatic nitrogens is 2. The lowest BCUT2D eigenvalue weighted by Crippen LogP contribution is -2.09. The Kier molecular flexibility index (Phi) is 4.72. The van der Waals surface area contributed by atoms with Crippen LogP contribution in [0.2, 0.25) is 0 Å². The van der Waals surface area contributed by atoms with Gasteiger partial charge >= 0.3 is 0 Å². The third-order valence-corrected chi connectivity index (χ3v) is 3.14. The van der Waals surface area contributed by atoms with Crippen LogP contribution in [0, 0.1) is 25.2 Å². The van der Waals surface area contributed by atoms with Gasteiger partial charge in [-0.25, -0.2) is 9.97 Å². The zero-order chi connectivity index (χ0) is 15.2. The number of hydrogen-bond donors (Lipinski definition) is 2. The van der Waals surface area contributed by atoms with Gasteiger partial charge in [-0.1, -0.05) is 12.1 Å². The summed E-state index contributed by atoms with van der Waals surface area (Å²) in [5, 5.41) is 15.4. The first-order valence-electron chi connectivity index (χ1n) is 6.96. The molecule has 1 aromatic heterocycles. The molecule has 0 aliphatic carbocycles. The summed E-state index contributed by atoms with van der Waals surface area (Å²) in [6, 6.07) is 9.64. The maximum Gasteiger partial charge on any atom is 0.135 e. The topological polar surface area (TPSA) is 73.6 Å². The number of benzene rings is 1. The van der Waals surface area contributed by atoms with Crippen molar-refractivity contribution in [1.29, 1.82) is 5.26 Å². The average molecular weight is 281 g/mol. The molecular formula is C16H19N5. The first kappa shape index (κ1) is 14.8. The minimum atomic E-state index is 0.661. The number of nitrogens with zero attached hydrogens (tertiary/aromatic N) is 3. The summed E-state index contributed by atoms with van der Waals surface area (Å²) in [5.41, 5.74) is 2.79. The smallest absolute Gasteiger partial charge is 0.135 e. The molecule has 5 heteroatoms. The molecule has 0 radical (unpaired) electrons. The molecule has 2 aromatic rings. The molecule has 2 rings (SSSR count). The molecule has 0 amide bonds. The molecule has 0 saturated heterocycles. The molecule has 0 fully saturated rings. The molecule has 0 aliphatic heterocycles. The van der Waals surface area contributed by atoms with E-state index in [1.807, 2.05) is 45.0 Å². The number of aryl methyl sites for hydroxylation is 1. The molecule has 0 unspecified atom stereocenters. The van der Waals surface area contributed by atoms with Crippen molar-refractivity contribution in [3.05, 3.63) is 46.8 Å². The van der Waals surface area contributed by atoms with Gasteiger partial charge < -0.3 is 10.6 Å². The Morgan fingerprint density at radius 2 is 1.67 bits per heavy atom. The molecule has 0 saturated carbocycles. The van der Waals surface area contributed by atoms with Gasteiger partial charge in [0.25, 0.3) is 0 Å². The second-order valence-corrected chi connectivity index (χ2v) is 4.79. The lowest BCUT2D eigenvalue weighted by atomic mass is 10.1. The Bertz CT molecular complexity index is 656. The van der Waals surface area contributed by atoms with Crippen molar-refractivity contribution < 1.29 is 0 Å². The SMILES string of the molecule is CCNc1nc(C)nc(NCc2ccc(C#N)cc2)c1C. The van der Waals surface area contributed by atoms with E-state index in [2.05, 4.69) is 26.7 Å². The summed E-state index contributed by atoms with van der Waals surface area (Å²) in [7, 11) is 0. The molecule has 2 N–H and O–H groups in total. The highest BCUT2D eigenvalue weighted by atomic mass is 15.1. The summed E-state index contributed by atoms with van der Waals surface area (Å²) in [6.07, 6.45) is 0. The molecule has 5 nitrogen and oxygen atoms in total. The van der Waals surface area contributed by atoms with Crippen LogP contribution in [0.15, 0.2) is 24.3 Å². The van der Waals surface area contributed by atoms with Crippen molar-refractivity contribution in [1.82, 2.24) is 9.97 Å². The highest BCUT2D eigenvalue weighted by Crippen LogP contribution is 2.20. The standard InChI is InChI=1S/C16H19N5/c1-4-18-15-11(2)16(21-12(3)20-15)19-10-14-7-5-13(9-17)6-8-14/h5-8H,4,10H2,1-3H3,(H2,18,19,20,21). The van der Waals surface area contributed by atoms with Gasteiger partial charge in [0.05, 0.1) is 11.6 Å². The van der Waals surface area contributed by atoms with Crippen LogP contribution in [0.25, 0.3) is 0 Å². The van der Waals surface area contributed by atoms with E-state index in [-0.39, 0.29) is 0 Å². The Labute approximate surface area is 125 Å². The highest BCUT2D eigenvalue weighted by molar-refractivity contribution is 5.57. The van der Waals surface area contributed by atoms with Gasteiger partial charge in [0.2, 0.25) is 0 Å². The van der Waals surface area contributed by atoms with Gasteiger partial charge in [-0.3, -0.25) is 0 Å². The molecule has 21 heavy (non-hydrogen) atoms. The van der Waals surface area contributed by atoms with Crippen molar-refractivity contribution in [2.45, 2.75) is 27.3 Å². The molecule has 0 aliphatic rings. The van der Waals surface area contributed by atoms with E-state index >= 15 is 0 Å². The van der Waals surface area contributed by atoms with E-state index in [4.69, 9.17) is 5.26 Å². The van der Waals surface area contributed by atoms with Crippen LogP contribution in [0.1, 0.15) is 29.4 Å². The van der Waals surface area contributed by atoms with E-state index in [0.29, 0.717) is 12.1 Å². The number of nitriles is 1. The quantitative estimate of drug-likeness (QED) is 0.881. The Balaban J connectivity index is 2.13. The van der Waals surface area contributed by atoms with Gasteiger partial charge in [0.15, 0.2) is 0 Å². The average Bonchev–Trinajstić information content (AvgIpc) is 2.50. The van der Waals surface area contributed by atoms with E-state index in [9.17, 15) is 0 Å². The first-order valence-corrected chi connectivity index (χ1v) is 6.96. The Hall–Kier alpha value is -2.61. The van der Waals surface area contributed by atoms with Gasteiger partial charge in [-0.05, 0) is 38.5 Å². The van der Waals surface area contributed by atoms with E-state index in [0.717, 1.165) is 35.1 Å². The van der Waals surface area contributed by atoms with Crippen LogP contribution < -0.4 is 10.6 Å². The molecule has 1 aromatic carbocycles. The maximum absolute atomic E-state index is 8.79. The molecule has 108 valence electrons. The van der Waals surface area contributed by atoms with Gasteiger partial charge in [-0.2, -0.15) is 5.26 Å². The third-order valence-electron chi connectivity index (χ3n) is 3.14. The van der Waals surface area contributed by atoms with E-state index in [1.165, 1.54) is 0 Å². The number of hydrogen-bond acceptors (Lipinski definition) is 5. The molecule has 0 bridgehead atoms. The summed E-state index contributed by atoms with van der Waals surface area (Å²) >= 11 is 0. The maximum atomic E-state index is 8.79. The summed E-state index contributed by atoms with van der Waals surface area (Å²) in [5.74, 6) is 2.44. The van der Waals surface area contributed by atoms with E-state index in [1.54, 1.807) is 0 Å². The fraction of sp³-hybridized carbons (Fsp3) is 0.312. The lowest BCUT2D eigenvalue weighted by Gasteiger charge is -2.13. The largest absolute Gasteiger partial charge is 0.370 e. The van der Waals surface area contributed by atoms with Gasteiger partial charge in [-0.15, -0.1) is 0 Å². The second-order valence-electron chi connectivity index (χ2n) is 4.79. The van der Waals surface area contributed by atoms with Gasteiger partial charge in [0, 0.05) is 18.7 Å². The second kappa shape index (κ2) is 6.71. The van der Waals surface area contributed by atoms with Crippen molar-refractivity contribution >= 4 is 11.6 Å². The lowest BCUT2D eigenvalue weighted by molar-refractivity contribution is 0.993. The summed E-state index contributed by atoms with van der Waals surface area (Å²) < 4.78 is 0. The minimum absolute atomic E-state index is 0.661. The first-order chi connectivity index (χ1) is 10.1. The molecule has 1 heterocycles. The van der Waals surface area contributed by atoms with Gasteiger partial charge in [0.1, 0.15) is 17.5 Å². The van der Waals surface area contributed by atoms with Crippen molar-refractivity contribution in [2.75, 3.05) is 17.2 Å². The Morgan fingerprint density at radius 3 is 2.24 bits per heavy atom. The third kappa shape index (κ3) is 3.69. The number of nitrogens with one attached hydrogen (secondary N) is 2. The monoisotopic (exact) mass is 281 g/mol. The number of rotatable bonds is 5. The highest BCUT2D eigenvalue weighted by Gasteiger charge is 2.08. The van der Waals surface area contributed by atoms with Crippen LogP contribution in [0.4, 0.5) is 11.6 Å². The van der Waals surface area contributed by atoms with E-state index < -0.39 is 0 Å². The van der Waals surface area contributed by atoms with Crippen molar-refractivity contribution in [2.24, 2.45) is 0 Å². The molecule has 0 spiro atoms. The van der Waals surface area contributed by atoms with Crippen LogP contribution in [-0.4, -0.2) is 16.5 Å². The van der Waals surface area contributed by atoms with Crippen molar-refractivity contribution in [3.8, 4) is 6.07 Å². The fourth-order valence-corrected chi connectivity index (χ4v) is 2.02. The molecule has 0 atom stereocenters. The molecular weight excluding hydrogens is 262 g/mol. The minimum Gasteiger partial charge on any atom is -0.370 e. The zero-order valence-corrected chi connectivity index (χ0v) is 12.6. The van der Waals surface area contributed by atoms with Crippen LogP contribution >= 0.6 is 0 Å². The van der Waals surface area contributed by atoms with Crippen LogP contribution in [0.3, 0.4) is 0 Å². The normalized spacial score (nSPS) is 10.0. The Morgan fingerprint density at radius 1 is 1.05 bits per heavy atom.